The van der Waals surface area contributed by atoms with Gasteiger partial charge in [0.1, 0.15) is 6.61 Å². The Balaban J connectivity index is 1.72. The van der Waals surface area contributed by atoms with Crippen LogP contribution < -0.4 is 5.32 Å². The Bertz CT molecular complexity index is 666. The highest BCUT2D eigenvalue weighted by atomic mass is 16.5. The molecule has 4 heteroatoms. The Hall–Kier alpha value is -2.33. The third-order valence-electron chi connectivity index (χ3n) is 5.13. The zero-order chi connectivity index (χ0) is 17.5. The minimum absolute atomic E-state index is 0.0610. The van der Waals surface area contributed by atoms with Crippen LogP contribution in [0.5, 0.6) is 0 Å². The first-order valence-corrected chi connectivity index (χ1v) is 8.86. The highest BCUT2D eigenvalue weighted by Crippen LogP contribution is 2.47. The van der Waals surface area contributed by atoms with Crippen LogP contribution in [0.25, 0.3) is 0 Å². The molecule has 2 N–H and O–H groups in total. The third-order valence-corrected chi connectivity index (χ3v) is 5.13. The molecule has 0 saturated heterocycles. The first kappa shape index (κ1) is 17.5. The lowest BCUT2D eigenvalue weighted by Gasteiger charge is -2.36. The highest BCUT2D eigenvalue weighted by Gasteiger charge is 2.42. The number of benzene rings is 2. The van der Waals surface area contributed by atoms with E-state index in [0.29, 0.717) is 0 Å². The predicted molar refractivity (Wildman–Crippen MR) is 96.9 cm³/mol. The number of nitrogens with one attached hydrogen (secondary N) is 1. The number of rotatable bonds is 6. The summed E-state index contributed by atoms with van der Waals surface area (Å²) in [6, 6.07) is 19.2. The Morgan fingerprint density at radius 1 is 1.04 bits per heavy atom. The van der Waals surface area contributed by atoms with Crippen molar-refractivity contribution in [2.75, 3.05) is 6.61 Å². The van der Waals surface area contributed by atoms with Gasteiger partial charge in [-0.25, -0.2) is 4.79 Å². The molecule has 1 atom stereocenters. The Morgan fingerprint density at radius 2 is 1.64 bits per heavy atom. The van der Waals surface area contributed by atoms with E-state index in [2.05, 4.69) is 5.32 Å². The van der Waals surface area contributed by atoms with Gasteiger partial charge in [-0.1, -0.05) is 73.5 Å². The highest BCUT2D eigenvalue weighted by molar-refractivity contribution is 5.68. The number of aliphatic hydroxyl groups excluding tert-OH is 1. The number of carbonyl (C=O) groups excluding carboxylic acids is 1. The maximum atomic E-state index is 12.4. The fraction of sp³-hybridized carbons (Fsp3) is 0.381. The number of ether oxygens (including phenoxy) is 1. The Morgan fingerprint density at radius 3 is 2.24 bits per heavy atom. The van der Waals surface area contributed by atoms with E-state index in [1.807, 2.05) is 60.7 Å². The molecule has 2 aromatic carbocycles. The van der Waals surface area contributed by atoms with Gasteiger partial charge in [-0.2, -0.15) is 0 Å². The summed E-state index contributed by atoms with van der Waals surface area (Å²) in [7, 11) is 0. The smallest absolute Gasteiger partial charge is 0.407 e. The van der Waals surface area contributed by atoms with Gasteiger partial charge in [0, 0.05) is 5.41 Å². The van der Waals surface area contributed by atoms with Crippen molar-refractivity contribution in [3.63, 3.8) is 0 Å². The van der Waals surface area contributed by atoms with Crippen molar-refractivity contribution in [3.8, 4) is 0 Å². The lowest BCUT2D eigenvalue weighted by Crippen LogP contribution is -2.42. The molecule has 0 radical (unpaired) electrons. The molecule has 1 fully saturated rings. The summed E-state index contributed by atoms with van der Waals surface area (Å²) in [6.45, 7) is 0.297. The molecule has 132 valence electrons. The second-order valence-electron chi connectivity index (χ2n) is 6.78. The quantitative estimate of drug-likeness (QED) is 0.829. The molecule has 1 aliphatic rings. The first-order chi connectivity index (χ1) is 12.2. The van der Waals surface area contributed by atoms with Crippen LogP contribution in [0, 0.1) is 5.41 Å². The molecule has 2 aromatic rings. The van der Waals surface area contributed by atoms with Crippen molar-refractivity contribution in [3.05, 3.63) is 71.8 Å². The molecule has 0 aliphatic heterocycles. The van der Waals surface area contributed by atoms with Crippen LogP contribution in [0.1, 0.15) is 42.9 Å². The standard InChI is InChI=1S/C21H25NO3/c23-16-21(13-7-8-14-21)19(18-11-5-2-6-12-18)22-20(24)25-15-17-9-3-1-4-10-17/h1-6,9-12,19,23H,7-8,13-16H2,(H,22,24). The number of hydrogen-bond donors (Lipinski definition) is 2. The lowest BCUT2D eigenvalue weighted by atomic mass is 9.76. The molecule has 0 spiro atoms. The second kappa shape index (κ2) is 8.17. The largest absolute Gasteiger partial charge is 0.445 e. The van der Waals surface area contributed by atoms with Gasteiger partial charge in [-0.05, 0) is 24.0 Å². The lowest BCUT2D eigenvalue weighted by molar-refractivity contribution is 0.0749. The fourth-order valence-electron chi connectivity index (χ4n) is 3.74. The minimum atomic E-state index is -0.447. The van der Waals surface area contributed by atoms with Gasteiger partial charge in [0.05, 0.1) is 12.6 Å². The molecular formula is C21H25NO3. The summed E-state index contributed by atoms with van der Waals surface area (Å²) in [5.41, 5.74) is 1.65. The van der Waals surface area contributed by atoms with Gasteiger partial charge in [0.25, 0.3) is 0 Å². The van der Waals surface area contributed by atoms with Gasteiger partial charge in [-0.3, -0.25) is 0 Å². The molecule has 0 aromatic heterocycles. The molecule has 1 aliphatic carbocycles. The Labute approximate surface area is 148 Å². The van der Waals surface area contributed by atoms with Gasteiger partial charge in [0.2, 0.25) is 0 Å². The Kier molecular flexibility index (Phi) is 5.71. The van der Waals surface area contributed by atoms with Crippen molar-refractivity contribution >= 4 is 6.09 Å². The predicted octanol–water partition coefficient (Wildman–Crippen LogP) is 4.21. The van der Waals surface area contributed by atoms with Gasteiger partial charge < -0.3 is 15.2 Å². The summed E-state index contributed by atoms with van der Waals surface area (Å²) in [5.74, 6) is 0. The molecular weight excluding hydrogens is 314 g/mol. The van der Waals surface area contributed by atoms with E-state index in [1.165, 1.54) is 0 Å². The monoisotopic (exact) mass is 339 g/mol. The molecule has 1 amide bonds. The topological polar surface area (TPSA) is 58.6 Å². The average molecular weight is 339 g/mol. The van der Waals surface area contributed by atoms with E-state index in [0.717, 1.165) is 36.8 Å². The van der Waals surface area contributed by atoms with Gasteiger partial charge in [-0.15, -0.1) is 0 Å². The van der Waals surface area contributed by atoms with Crippen LogP contribution in [0.4, 0.5) is 4.79 Å². The summed E-state index contributed by atoms with van der Waals surface area (Å²) < 4.78 is 5.40. The zero-order valence-corrected chi connectivity index (χ0v) is 14.4. The summed E-state index contributed by atoms with van der Waals surface area (Å²) in [4.78, 5) is 12.4. The summed E-state index contributed by atoms with van der Waals surface area (Å²) >= 11 is 0. The third kappa shape index (κ3) is 4.20. The van der Waals surface area contributed by atoms with E-state index in [4.69, 9.17) is 4.74 Å². The van der Waals surface area contributed by atoms with E-state index in [9.17, 15) is 9.90 Å². The molecule has 0 heterocycles. The van der Waals surface area contributed by atoms with E-state index in [1.54, 1.807) is 0 Å². The number of alkyl carbamates (subject to hydrolysis) is 1. The maximum absolute atomic E-state index is 12.4. The van der Waals surface area contributed by atoms with E-state index in [-0.39, 0.29) is 24.7 Å². The van der Waals surface area contributed by atoms with Crippen LogP contribution in [-0.2, 0) is 11.3 Å². The van der Waals surface area contributed by atoms with Crippen molar-refractivity contribution in [1.82, 2.24) is 5.32 Å². The minimum Gasteiger partial charge on any atom is -0.445 e. The van der Waals surface area contributed by atoms with E-state index < -0.39 is 6.09 Å². The maximum Gasteiger partial charge on any atom is 0.407 e. The van der Waals surface area contributed by atoms with Crippen LogP contribution in [0.2, 0.25) is 0 Å². The number of hydrogen-bond acceptors (Lipinski definition) is 3. The number of aliphatic hydroxyl groups is 1. The van der Waals surface area contributed by atoms with Gasteiger partial charge >= 0.3 is 6.09 Å². The first-order valence-electron chi connectivity index (χ1n) is 8.86. The SMILES string of the molecule is O=C(NC(c1ccccc1)C1(CO)CCCC1)OCc1ccccc1. The zero-order valence-electron chi connectivity index (χ0n) is 14.4. The number of carbonyl (C=O) groups is 1. The molecule has 0 bridgehead atoms. The van der Waals surface area contributed by atoms with Crippen LogP contribution >= 0.6 is 0 Å². The molecule has 1 unspecified atom stereocenters. The van der Waals surface area contributed by atoms with Crippen LogP contribution in [0.15, 0.2) is 60.7 Å². The normalized spacial score (nSPS) is 17.0. The average Bonchev–Trinajstić information content (AvgIpc) is 3.16. The fourth-order valence-corrected chi connectivity index (χ4v) is 3.74. The number of amides is 1. The molecule has 3 rings (SSSR count). The molecule has 1 saturated carbocycles. The van der Waals surface area contributed by atoms with Crippen molar-refractivity contribution in [2.24, 2.45) is 5.41 Å². The molecule has 25 heavy (non-hydrogen) atoms. The van der Waals surface area contributed by atoms with Crippen LogP contribution in [-0.4, -0.2) is 17.8 Å². The molecule has 4 nitrogen and oxygen atoms in total. The van der Waals surface area contributed by atoms with Crippen molar-refractivity contribution in [2.45, 2.75) is 38.3 Å². The summed E-state index contributed by atoms with van der Waals surface area (Å²) in [6.07, 6.45) is 3.51. The van der Waals surface area contributed by atoms with Crippen LogP contribution in [0.3, 0.4) is 0 Å². The van der Waals surface area contributed by atoms with E-state index >= 15 is 0 Å². The summed E-state index contributed by atoms with van der Waals surface area (Å²) in [5, 5.41) is 13.1. The van der Waals surface area contributed by atoms with Gasteiger partial charge in [0.15, 0.2) is 0 Å². The van der Waals surface area contributed by atoms with Crippen molar-refractivity contribution in [1.29, 1.82) is 0 Å². The second-order valence-corrected chi connectivity index (χ2v) is 6.78. The van der Waals surface area contributed by atoms with Crippen molar-refractivity contribution < 1.29 is 14.6 Å².